The number of hydrogen-bond donors (Lipinski definition) is 1. The van der Waals surface area contributed by atoms with Gasteiger partial charge >= 0.3 is 0 Å². The van der Waals surface area contributed by atoms with Gasteiger partial charge < -0.3 is 10.2 Å². The first-order valence-corrected chi connectivity index (χ1v) is 12.4. The van der Waals surface area contributed by atoms with E-state index in [1.807, 2.05) is 30.3 Å². The summed E-state index contributed by atoms with van der Waals surface area (Å²) in [5.74, 6) is -0.643. The monoisotopic (exact) mass is 491 g/mol. The molecule has 0 atom stereocenters. The minimum absolute atomic E-state index is 0.0637. The van der Waals surface area contributed by atoms with Crippen molar-refractivity contribution in [3.8, 4) is 0 Å². The van der Waals surface area contributed by atoms with E-state index < -0.39 is 0 Å². The normalized spacial score (nSPS) is 15.9. The maximum atomic E-state index is 14.0. The molecule has 0 unspecified atom stereocenters. The molecule has 3 aromatic rings. The number of benzene rings is 2. The Balaban J connectivity index is 1.16. The van der Waals surface area contributed by atoms with Gasteiger partial charge in [0.25, 0.3) is 5.91 Å². The van der Waals surface area contributed by atoms with Gasteiger partial charge in [-0.15, -0.1) is 0 Å². The number of carbonyl (C=O) groups excluding carboxylic acids is 2. The highest BCUT2D eigenvalue weighted by atomic mass is 32.2. The molecule has 2 aromatic carbocycles. The Kier molecular flexibility index (Phi) is 6.96. The number of anilines is 2. The number of amides is 2. The molecule has 5 rings (SSSR count). The van der Waals surface area contributed by atoms with Crippen LogP contribution in [0.1, 0.15) is 10.4 Å². The highest BCUT2D eigenvalue weighted by Gasteiger charge is 2.29. The minimum atomic E-state index is -0.232. The minimum Gasteiger partial charge on any atom is -0.367 e. The number of fused-ring (bicyclic) bond motifs is 2. The first-order valence-electron chi connectivity index (χ1n) is 11.6. The van der Waals surface area contributed by atoms with Gasteiger partial charge in [-0.05, 0) is 36.4 Å². The van der Waals surface area contributed by atoms with E-state index in [-0.39, 0.29) is 24.2 Å². The van der Waals surface area contributed by atoms with Crippen LogP contribution in [0.5, 0.6) is 0 Å². The van der Waals surface area contributed by atoms with Gasteiger partial charge in [0.1, 0.15) is 17.4 Å². The average Bonchev–Trinajstić information content (AvgIpc) is 2.99. The molecule has 3 heterocycles. The van der Waals surface area contributed by atoms with Crippen LogP contribution in [0.2, 0.25) is 0 Å². The fourth-order valence-electron chi connectivity index (χ4n) is 4.39. The number of hydrogen-bond acceptors (Lipinski definition) is 6. The molecule has 0 bridgehead atoms. The summed E-state index contributed by atoms with van der Waals surface area (Å²) in [7, 11) is 0. The number of aromatic nitrogens is 1. The second-order valence-electron chi connectivity index (χ2n) is 8.45. The maximum Gasteiger partial charge on any atom is 0.261 e. The van der Waals surface area contributed by atoms with Gasteiger partial charge in [-0.25, -0.2) is 9.37 Å². The van der Waals surface area contributed by atoms with E-state index in [0.717, 1.165) is 31.1 Å². The van der Waals surface area contributed by atoms with Crippen LogP contribution in [0.15, 0.2) is 76.8 Å². The van der Waals surface area contributed by atoms with Crippen molar-refractivity contribution in [2.75, 3.05) is 55.6 Å². The van der Waals surface area contributed by atoms with Gasteiger partial charge in [0.05, 0.1) is 16.9 Å². The number of rotatable bonds is 6. The van der Waals surface area contributed by atoms with Gasteiger partial charge in [0, 0.05) is 50.4 Å². The second-order valence-corrected chi connectivity index (χ2v) is 9.48. The predicted molar refractivity (Wildman–Crippen MR) is 135 cm³/mol. The molecule has 1 saturated heterocycles. The Morgan fingerprint density at radius 2 is 1.71 bits per heavy atom. The Hall–Kier alpha value is -3.43. The summed E-state index contributed by atoms with van der Waals surface area (Å²) in [5.41, 5.74) is 1.84. The summed E-state index contributed by atoms with van der Waals surface area (Å²) in [6, 6.07) is 17.9. The van der Waals surface area contributed by atoms with Gasteiger partial charge in [-0.2, -0.15) is 0 Å². The molecular formula is C26H26FN5O2S. The standard InChI is InChI=1S/C26H26FN5O2S/c27-20-7-1-2-8-21(20)31-16-14-30(15-17-31)13-12-28-24(33)18-32-22-9-3-4-10-23(22)35-25-19(26(32)34)6-5-11-29-25/h1-11H,12-18H2,(H,28,33). The van der Waals surface area contributed by atoms with Gasteiger partial charge in [0.2, 0.25) is 5.91 Å². The molecule has 9 heteroatoms. The van der Waals surface area contributed by atoms with Crippen molar-refractivity contribution >= 4 is 35.0 Å². The molecule has 1 aromatic heterocycles. The first kappa shape index (κ1) is 23.3. The SMILES string of the molecule is O=C(CN1C(=O)c2cccnc2Sc2ccccc21)NCCN1CCN(c2ccccc2F)CC1. The lowest BCUT2D eigenvalue weighted by Crippen LogP contribution is -2.49. The third-order valence-electron chi connectivity index (χ3n) is 6.23. The topological polar surface area (TPSA) is 68.8 Å². The van der Waals surface area contributed by atoms with Crippen molar-refractivity contribution in [1.29, 1.82) is 0 Å². The van der Waals surface area contributed by atoms with Crippen LogP contribution in [0.4, 0.5) is 15.8 Å². The van der Waals surface area contributed by atoms with Crippen molar-refractivity contribution < 1.29 is 14.0 Å². The van der Waals surface area contributed by atoms with E-state index in [2.05, 4.69) is 20.1 Å². The van der Waals surface area contributed by atoms with Crippen molar-refractivity contribution in [2.45, 2.75) is 9.92 Å². The number of halogens is 1. The van der Waals surface area contributed by atoms with Gasteiger partial charge in [0.15, 0.2) is 0 Å². The second kappa shape index (κ2) is 10.5. The lowest BCUT2D eigenvalue weighted by molar-refractivity contribution is -0.119. The summed E-state index contributed by atoms with van der Waals surface area (Å²) in [5, 5.41) is 3.60. The van der Waals surface area contributed by atoms with Crippen molar-refractivity contribution in [2.24, 2.45) is 0 Å². The smallest absolute Gasteiger partial charge is 0.261 e. The highest BCUT2D eigenvalue weighted by Crippen LogP contribution is 2.39. The molecule has 2 aliphatic heterocycles. The van der Waals surface area contributed by atoms with Crippen LogP contribution in [-0.4, -0.2) is 67.5 Å². The first-order chi connectivity index (χ1) is 17.1. The molecule has 180 valence electrons. The van der Waals surface area contributed by atoms with E-state index in [1.54, 1.807) is 30.5 Å². The number of nitrogens with one attached hydrogen (secondary N) is 1. The fourth-order valence-corrected chi connectivity index (χ4v) is 5.41. The van der Waals surface area contributed by atoms with Crippen LogP contribution >= 0.6 is 11.8 Å². The third kappa shape index (κ3) is 5.16. The summed E-state index contributed by atoms with van der Waals surface area (Å²) in [4.78, 5) is 37.2. The van der Waals surface area contributed by atoms with Crippen molar-refractivity contribution in [3.63, 3.8) is 0 Å². The number of piperazine rings is 1. The number of carbonyl (C=O) groups is 2. The predicted octanol–water partition coefficient (Wildman–Crippen LogP) is 3.27. The van der Waals surface area contributed by atoms with Crippen LogP contribution in [-0.2, 0) is 4.79 Å². The van der Waals surface area contributed by atoms with Crippen LogP contribution in [0, 0.1) is 5.82 Å². The van der Waals surface area contributed by atoms with E-state index in [0.29, 0.717) is 35.1 Å². The quantitative estimate of drug-likeness (QED) is 0.571. The Bertz CT molecular complexity index is 1230. The van der Waals surface area contributed by atoms with Crippen molar-refractivity contribution in [1.82, 2.24) is 15.2 Å². The van der Waals surface area contributed by atoms with Gasteiger partial charge in [-0.3, -0.25) is 19.4 Å². The molecule has 35 heavy (non-hydrogen) atoms. The lowest BCUT2D eigenvalue weighted by Gasteiger charge is -2.36. The van der Waals surface area contributed by atoms with Crippen molar-refractivity contribution in [3.05, 3.63) is 78.2 Å². The van der Waals surface area contributed by atoms with E-state index in [1.165, 1.54) is 22.7 Å². The third-order valence-corrected chi connectivity index (χ3v) is 7.31. The molecule has 1 N–H and O–H groups in total. The largest absolute Gasteiger partial charge is 0.367 e. The van der Waals surface area contributed by atoms with E-state index >= 15 is 0 Å². The molecule has 2 aliphatic rings. The molecular weight excluding hydrogens is 465 g/mol. The van der Waals surface area contributed by atoms with Crippen LogP contribution < -0.4 is 15.1 Å². The fraction of sp³-hybridized carbons (Fsp3) is 0.269. The van der Waals surface area contributed by atoms with Crippen LogP contribution in [0.25, 0.3) is 0 Å². The average molecular weight is 492 g/mol. The van der Waals surface area contributed by atoms with E-state index in [9.17, 15) is 14.0 Å². The number of para-hydroxylation sites is 2. The molecule has 7 nitrogen and oxygen atoms in total. The zero-order valence-electron chi connectivity index (χ0n) is 19.2. The lowest BCUT2D eigenvalue weighted by atomic mass is 10.2. The van der Waals surface area contributed by atoms with Gasteiger partial charge in [-0.1, -0.05) is 36.0 Å². The zero-order chi connectivity index (χ0) is 24.2. The molecule has 0 spiro atoms. The zero-order valence-corrected chi connectivity index (χ0v) is 20.0. The molecule has 0 saturated carbocycles. The summed E-state index contributed by atoms with van der Waals surface area (Å²) >= 11 is 1.43. The summed E-state index contributed by atoms with van der Waals surface area (Å²) in [6.45, 7) is 4.18. The number of nitrogens with zero attached hydrogens (tertiary/aromatic N) is 4. The van der Waals surface area contributed by atoms with Crippen LogP contribution in [0.3, 0.4) is 0 Å². The number of pyridine rings is 1. The molecule has 0 radical (unpaired) electrons. The Morgan fingerprint density at radius 1 is 0.971 bits per heavy atom. The molecule has 0 aliphatic carbocycles. The molecule has 1 fully saturated rings. The Morgan fingerprint density at radius 3 is 2.51 bits per heavy atom. The maximum absolute atomic E-state index is 14.0. The van der Waals surface area contributed by atoms with E-state index in [4.69, 9.17) is 0 Å². The Labute approximate surface area is 207 Å². The molecule has 2 amide bonds. The summed E-state index contributed by atoms with van der Waals surface area (Å²) in [6.07, 6.45) is 1.67. The highest BCUT2D eigenvalue weighted by molar-refractivity contribution is 7.99. The summed E-state index contributed by atoms with van der Waals surface area (Å²) < 4.78 is 14.0.